The highest BCUT2D eigenvalue weighted by atomic mass is 79.9. The summed E-state index contributed by atoms with van der Waals surface area (Å²) in [6, 6.07) is 10.9. The van der Waals surface area contributed by atoms with Gasteiger partial charge < -0.3 is 15.4 Å². The van der Waals surface area contributed by atoms with Crippen LogP contribution in [0.5, 0.6) is 11.6 Å². The van der Waals surface area contributed by atoms with Crippen molar-refractivity contribution >= 4 is 46.7 Å². The molecule has 1 aliphatic heterocycles. The van der Waals surface area contributed by atoms with Gasteiger partial charge in [-0.25, -0.2) is 4.98 Å². The van der Waals surface area contributed by atoms with E-state index >= 15 is 0 Å². The lowest BCUT2D eigenvalue weighted by Crippen LogP contribution is -2.34. The standard InChI is InChI=1S/C18H20BrN3O2.2ClH/c1-18(11-20)8-10-22(12-18)17(23)15-3-2-9-21-16(15)24-14-6-4-13(19)5-7-14;;/h2-7,9H,8,10-12,20H2,1H3;2*1H. The van der Waals surface area contributed by atoms with E-state index in [1.165, 1.54) is 0 Å². The van der Waals surface area contributed by atoms with Crippen LogP contribution < -0.4 is 10.5 Å². The molecule has 8 heteroatoms. The summed E-state index contributed by atoms with van der Waals surface area (Å²) in [6.07, 6.45) is 2.54. The van der Waals surface area contributed by atoms with E-state index in [2.05, 4.69) is 27.8 Å². The van der Waals surface area contributed by atoms with Crippen molar-refractivity contribution in [3.63, 3.8) is 0 Å². The first kappa shape index (κ1) is 22.7. The number of hydrogen-bond acceptors (Lipinski definition) is 4. The molecule has 0 bridgehead atoms. The van der Waals surface area contributed by atoms with E-state index in [0.29, 0.717) is 36.8 Å². The predicted octanol–water partition coefficient (Wildman–Crippen LogP) is 4.29. The zero-order valence-corrected chi connectivity index (χ0v) is 17.6. The Morgan fingerprint density at radius 3 is 2.62 bits per heavy atom. The molecule has 0 spiro atoms. The Labute approximate surface area is 174 Å². The number of pyridine rings is 1. The first-order valence-corrected chi connectivity index (χ1v) is 8.68. The van der Waals surface area contributed by atoms with Gasteiger partial charge in [0.05, 0.1) is 0 Å². The summed E-state index contributed by atoms with van der Waals surface area (Å²) in [4.78, 5) is 18.9. The van der Waals surface area contributed by atoms with Gasteiger partial charge >= 0.3 is 0 Å². The van der Waals surface area contributed by atoms with Crippen LogP contribution in [-0.2, 0) is 0 Å². The molecule has 3 rings (SSSR count). The lowest BCUT2D eigenvalue weighted by atomic mass is 9.90. The van der Waals surface area contributed by atoms with Gasteiger partial charge in [0.25, 0.3) is 5.91 Å². The van der Waals surface area contributed by atoms with Crippen LogP contribution in [0.2, 0.25) is 0 Å². The molecule has 2 aromatic rings. The second-order valence-electron chi connectivity index (χ2n) is 6.40. The van der Waals surface area contributed by atoms with Gasteiger partial charge in [0, 0.05) is 23.8 Å². The lowest BCUT2D eigenvalue weighted by Gasteiger charge is -2.23. The maximum atomic E-state index is 12.9. The van der Waals surface area contributed by atoms with E-state index < -0.39 is 0 Å². The summed E-state index contributed by atoms with van der Waals surface area (Å²) in [7, 11) is 0. The van der Waals surface area contributed by atoms with Crippen molar-refractivity contribution in [3.8, 4) is 11.6 Å². The third-order valence-electron chi connectivity index (χ3n) is 4.37. The van der Waals surface area contributed by atoms with Crippen molar-refractivity contribution in [1.82, 2.24) is 9.88 Å². The van der Waals surface area contributed by atoms with E-state index in [4.69, 9.17) is 10.5 Å². The van der Waals surface area contributed by atoms with Crippen LogP contribution in [-0.4, -0.2) is 35.4 Å². The minimum Gasteiger partial charge on any atom is -0.438 e. The fraction of sp³-hybridized carbons (Fsp3) is 0.333. The quantitative estimate of drug-likeness (QED) is 0.735. The molecular weight excluding hydrogens is 441 g/mol. The zero-order chi connectivity index (χ0) is 17.2. The molecule has 1 aromatic carbocycles. The van der Waals surface area contributed by atoms with Crippen LogP contribution in [0.1, 0.15) is 23.7 Å². The summed E-state index contributed by atoms with van der Waals surface area (Å²) in [5.74, 6) is 0.901. The Kier molecular flexibility index (Phi) is 8.34. The molecule has 1 aromatic heterocycles. The van der Waals surface area contributed by atoms with Gasteiger partial charge in [0.1, 0.15) is 11.3 Å². The molecule has 0 saturated carbocycles. The van der Waals surface area contributed by atoms with Crippen molar-refractivity contribution in [2.24, 2.45) is 11.1 Å². The number of hydrogen-bond donors (Lipinski definition) is 1. The summed E-state index contributed by atoms with van der Waals surface area (Å²) < 4.78 is 6.78. The summed E-state index contributed by atoms with van der Waals surface area (Å²) in [6.45, 7) is 4.06. The van der Waals surface area contributed by atoms with E-state index in [1.807, 2.05) is 29.2 Å². The number of rotatable bonds is 4. The van der Waals surface area contributed by atoms with Gasteiger partial charge in [-0.1, -0.05) is 22.9 Å². The molecule has 142 valence electrons. The monoisotopic (exact) mass is 461 g/mol. The van der Waals surface area contributed by atoms with E-state index in [9.17, 15) is 4.79 Å². The Hall–Kier alpha value is -1.34. The van der Waals surface area contributed by atoms with Crippen LogP contribution in [0.3, 0.4) is 0 Å². The van der Waals surface area contributed by atoms with Crippen molar-refractivity contribution < 1.29 is 9.53 Å². The molecule has 2 N–H and O–H groups in total. The molecular formula is C18H22BrCl2N3O2. The number of halogens is 3. The van der Waals surface area contributed by atoms with Crippen LogP contribution in [0, 0.1) is 5.41 Å². The first-order chi connectivity index (χ1) is 11.5. The highest BCUT2D eigenvalue weighted by Crippen LogP contribution is 2.31. The maximum Gasteiger partial charge on any atom is 0.259 e. The van der Waals surface area contributed by atoms with Gasteiger partial charge in [0.2, 0.25) is 5.88 Å². The number of ether oxygens (including phenoxy) is 1. The second kappa shape index (κ2) is 9.55. The Balaban J connectivity index is 0.00000169. The molecule has 1 aliphatic rings. The molecule has 0 aliphatic carbocycles. The average Bonchev–Trinajstić information content (AvgIpc) is 3.00. The molecule has 5 nitrogen and oxygen atoms in total. The molecule has 2 heterocycles. The van der Waals surface area contributed by atoms with Crippen LogP contribution >= 0.6 is 40.7 Å². The van der Waals surface area contributed by atoms with Gasteiger partial charge in [0.15, 0.2) is 0 Å². The minimum absolute atomic E-state index is 0. The Morgan fingerprint density at radius 1 is 1.31 bits per heavy atom. The largest absolute Gasteiger partial charge is 0.438 e. The lowest BCUT2D eigenvalue weighted by molar-refractivity contribution is 0.0773. The average molecular weight is 463 g/mol. The van der Waals surface area contributed by atoms with Crippen molar-refractivity contribution in [2.75, 3.05) is 19.6 Å². The van der Waals surface area contributed by atoms with Gasteiger partial charge in [-0.3, -0.25) is 4.79 Å². The number of amides is 1. The Morgan fingerprint density at radius 2 is 2.00 bits per heavy atom. The van der Waals surface area contributed by atoms with E-state index in [1.54, 1.807) is 18.3 Å². The second-order valence-corrected chi connectivity index (χ2v) is 7.32. The van der Waals surface area contributed by atoms with Crippen molar-refractivity contribution in [2.45, 2.75) is 13.3 Å². The molecule has 1 fully saturated rings. The van der Waals surface area contributed by atoms with E-state index in [0.717, 1.165) is 10.9 Å². The topological polar surface area (TPSA) is 68.5 Å². The minimum atomic E-state index is -0.0626. The number of benzene rings is 1. The Bertz CT molecular complexity index is 745. The molecule has 1 saturated heterocycles. The van der Waals surface area contributed by atoms with Crippen LogP contribution in [0.15, 0.2) is 47.1 Å². The zero-order valence-electron chi connectivity index (χ0n) is 14.4. The predicted molar refractivity (Wildman–Crippen MR) is 111 cm³/mol. The molecule has 1 unspecified atom stereocenters. The van der Waals surface area contributed by atoms with Gasteiger partial charge in [-0.15, -0.1) is 24.8 Å². The molecule has 1 amide bonds. The smallest absolute Gasteiger partial charge is 0.259 e. The molecule has 26 heavy (non-hydrogen) atoms. The summed E-state index contributed by atoms with van der Waals surface area (Å²) >= 11 is 3.39. The van der Waals surface area contributed by atoms with E-state index in [-0.39, 0.29) is 36.1 Å². The van der Waals surface area contributed by atoms with Gasteiger partial charge in [-0.05, 0) is 54.8 Å². The highest BCUT2D eigenvalue weighted by Gasteiger charge is 2.36. The molecule has 0 radical (unpaired) electrons. The van der Waals surface area contributed by atoms with Crippen molar-refractivity contribution in [3.05, 3.63) is 52.6 Å². The third kappa shape index (κ3) is 5.10. The van der Waals surface area contributed by atoms with Crippen LogP contribution in [0.4, 0.5) is 0 Å². The fourth-order valence-electron chi connectivity index (χ4n) is 2.78. The first-order valence-electron chi connectivity index (χ1n) is 7.88. The third-order valence-corrected chi connectivity index (χ3v) is 4.90. The highest BCUT2D eigenvalue weighted by molar-refractivity contribution is 9.10. The fourth-order valence-corrected chi connectivity index (χ4v) is 3.05. The molecule has 1 atom stereocenters. The van der Waals surface area contributed by atoms with Crippen molar-refractivity contribution in [1.29, 1.82) is 0 Å². The van der Waals surface area contributed by atoms with Crippen LogP contribution in [0.25, 0.3) is 0 Å². The summed E-state index contributed by atoms with van der Waals surface area (Å²) in [5.41, 5.74) is 6.30. The number of nitrogens with zero attached hydrogens (tertiary/aromatic N) is 2. The van der Waals surface area contributed by atoms with Gasteiger partial charge in [-0.2, -0.15) is 0 Å². The number of carbonyl (C=O) groups is 1. The maximum absolute atomic E-state index is 12.9. The number of likely N-dealkylation sites (tertiary alicyclic amines) is 1. The normalized spacial score (nSPS) is 18.7. The number of nitrogens with two attached hydrogens (primary N) is 1. The SMILES string of the molecule is CC1(CN)CCN(C(=O)c2cccnc2Oc2ccc(Br)cc2)C1.Cl.Cl. The number of aromatic nitrogens is 1. The summed E-state index contributed by atoms with van der Waals surface area (Å²) in [5, 5.41) is 0. The number of carbonyl (C=O) groups excluding carboxylic acids is 1.